The summed E-state index contributed by atoms with van der Waals surface area (Å²) in [5.41, 5.74) is 0.492. The second kappa shape index (κ2) is 5.00. The van der Waals surface area contributed by atoms with Crippen LogP contribution in [-0.2, 0) is 10.0 Å². The van der Waals surface area contributed by atoms with Gasteiger partial charge in [-0.3, -0.25) is 4.72 Å². The maximum absolute atomic E-state index is 11.1. The zero-order valence-corrected chi connectivity index (χ0v) is 12.1. The van der Waals surface area contributed by atoms with E-state index in [1.54, 1.807) is 12.1 Å². The number of hydrogen-bond acceptors (Lipinski definition) is 2. The van der Waals surface area contributed by atoms with Crippen LogP contribution >= 0.6 is 50.1 Å². The highest BCUT2D eigenvalue weighted by molar-refractivity contribution is 14.1. The largest absolute Gasteiger partial charge is 0.281 e. The van der Waals surface area contributed by atoms with Crippen LogP contribution in [0.5, 0.6) is 0 Å². The van der Waals surface area contributed by atoms with Gasteiger partial charge in [0.25, 0.3) is 0 Å². The lowest BCUT2D eigenvalue weighted by molar-refractivity contribution is 0.605. The lowest BCUT2D eigenvalue weighted by Crippen LogP contribution is -2.13. The molecular formula is C7H6BrClINO2S. The van der Waals surface area contributed by atoms with Gasteiger partial charge < -0.3 is 0 Å². The molecule has 0 amide bonds. The average molecular weight is 410 g/mol. The summed E-state index contributed by atoms with van der Waals surface area (Å²) in [5, 5.41) is -0.453. The Hall–Kier alpha value is 0.470. The molecule has 0 bridgehead atoms. The number of rotatable bonds is 3. The predicted octanol–water partition coefficient (Wildman–Crippen LogP) is 2.99. The highest BCUT2D eigenvalue weighted by Crippen LogP contribution is 2.25. The Morgan fingerprint density at radius 1 is 1.50 bits per heavy atom. The Morgan fingerprint density at radius 2 is 2.14 bits per heavy atom. The van der Waals surface area contributed by atoms with Gasteiger partial charge in [-0.2, -0.15) is 0 Å². The minimum atomic E-state index is -3.42. The fourth-order valence-corrected chi connectivity index (χ4v) is 3.03. The summed E-state index contributed by atoms with van der Waals surface area (Å²) in [6.07, 6.45) is 0. The molecule has 0 heterocycles. The normalized spacial score (nSPS) is 11.4. The van der Waals surface area contributed by atoms with Crippen molar-refractivity contribution in [3.05, 3.63) is 26.2 Å². The standard InChI is InChI=1S/C7H6BrClINO2S/c8-6-3-5(10)1-2-7(6)11-14(12,13)4-9/h1-3,11H,4H2. The van der Waals surface area contributed by atoms with E-state index in [4.69, 9.17) is 11.6 Å². The fourth-order valence-electron chi connectivity index (χ4n) is 0.767. The molecule has 0 atom stereocenters. The van der Waals surface area contributed by atoms with Gasteiger partial charge in [0.15, 0.2) is 0 Å². The quantitative estimate of drug-likeness (QED) is 0.615. The van der Waals surface area contributed by atoms with Crippen LogP contribution in [0.4, 0.5) is 5.69 Å². The van der Waals surface area contributed by atoms with E-state index < -0.39 is 15.2 Å². The Balaban J connectivity index is 2.99. The Kier molecular flexibility index (Phi) is 4.48. The Bertz CT molecular complexity index is 437. The van der Waals surface area contributed by atoms with Crippen LogP contribution in [-0.4, -0.2) is 13.6 Å². The van der Waals surface area contributed by atoms with Crippen molar-refractivity contribution in [2.45, 2.75) is 0 Å². The molecule has 0 fully saturated rings. The van der Waals surface area contributed by atoms with Crippen LogP contribution in [0, 0.1) is 3.57 Å². The summed E-state index contributed by atoms with van der Waals surface area (Å²) in [4.78, 5) is 0. The van der Waals surface area contributed by atoms with Crippen LogP contribution in [0.2, 0.25) is 0 Å². The van der Waals surface area contributed by atoms with Gasteiger partial charge in [-0.15, -0.1) is 11.6 Å². The number of halogens is 3. The highest BCUT2D eigenvalue weighted by atomic mass is 127. The molecule has 0 aliphatic rings. The number of sulfonamides is 1. The summed E-state index contributed by atoms with van der Waals surface area (Å²) in [6, 6.07) is 5.29. The van der Waals surface area contributed by atoms with Gasteiger partial charge in [0.2, 0.25) is 10.0 Å². The van der Waals surface area contributed by atoms with Gasteiger partial charge in [-0.1, -0.05) is 0 Å². The first-order valence-electron chi connectivity index (χ1n) is 3.46. The molecule has 0 aromatic heterocycles. The minimum absolute atomic E-state index is 0.453. The molecule has 14 heavy (non-hydrogen) atoms. The number of hydrogen-bond donors (Lipinski definition) is 1. The SMILES string of the molecule is O=S(=O)(CCl)Nc1ccc(I)cc1Br. The topological polar surface area (TPSA) is 46.2 Å². The molecule has 0 aliphatic carbocycles. The summed E-state index contributed by atoms with van der Waals surface area (Å²) >= 11 is 10.6. The summed E-state index contributed by atoms with van der Waals surface area (Å²) < 4.78 is 26.3. The first-order chi connectivity index (χ1) is 6.44. The number of anilines is 1. The smallest absolute Gasteiger partial charge is 0.246 e. The Labute approximate surface area is 110 Å². The molecule has 0 radical (unpaired) electrons. The minimum Gasteiger partial charge on any atom is -0.281 e. The monoisotopic (exact) mass is 409 g/mol. The summed E-state index contributed by atoms with van der Waals surface area (Å²) in [5.74, 6) is 0. The van der Waals surface area contributed by atoms with Crippen LogP contribution in [0.3, 0.4) is 0 Å². The van der Waals surface area contributed by atoms with Crippen LogP contribution < -0.4 is 4.72 Å². The van der Waals surface area contributed by atoms with Gasteiger partial charge in [0, 0.05) is 8.04 Å². The van der Waals surface area contributed by atoms with Gasteiger partial charge >= 0.3 is 0 Å². The van der Waals surface area contributed by atoms with Gasteiger partial charge in [0.05, 0.1) is 5.69 Å². The maximum Gasteiger partial charge on any atom is 0.246 e. The molecule has 1 N–H and O–H groups in total. The molecule has 7 heteroatoms. The van der Waals surface area contributed by atoms with Gasteiger partial charge in [0.1, 0.15) is 5.21 Å². The van der Waals surface area contributed by atoms with E-state index in [0.29, 0.717) is 10.2 Å². The van der Waals surface area contributed by atoms with Crippen molar-refractivity contribution in [3.8, 4) is 0 Å². The first-order valence-corrected chi connectivity index (χ1v) is 7.52. The lowest BCUT2D eigenvalue weighted by Gasteiger charge is -2.07. The van der Waals surface area contributed by atoms with Crippen LogP contribution in [0.1, 0.15) is 0 Å². The van der Waals surface area contributed by atoms with Crippen molar-refractivity contribution >= 4 is 65.8 Å². The van der Waals surface area contributed by atoms with Crippen molar-refractivity contribution < 1.29 is 8.42 Å². The molecule has 0 saturated heterocycles. The van der Waals surface area contributed by atoms with E-state index in [-0.39, 0.29) is 0 Å². The van der Waals surface area contributed by atoms with E-state index in [1.807, 2.05) is 6.07 Å². The average Bonchev–Trinajstić information content (AvgIpc) is 2.10. The molecule has 0 spiro atoms. The molecule has 1 rings (SSSR count). The molecule has 1 aromatic carbocycles. The summed E-state index contributed by atoms with van der Waals surface area (Å²) in [7, 11) is -3.42. The zero-order valence-electron chi connectivity index (χ0n) is 6.80. The molecule has 78 valence electrons. The maximum atomic E-state index is 11.1. The highest BCUT2D eigenvalue weighted by Gasteiger charge is 2.10. The van der Waals surface area contributed by atoms with E-state index >= 15 is 0 Å². The van der Waals surface area contributed by atoms with Crippen molar-refractivity contribution in [2.75, 3.05) is 9.93 Å². The van der Waals surface area contributed by atoms with Crippen LogP contribution in [0.25, 0.3) is 0 Å². The molecular weight excluding hydrogens is 404 g/mol. The van der Waals surface area contributed by atoms with Crippen molar-refractivity contribution in [1.82, 2.24) is 0 Å². The molecule has 0 aliphatic heterocycles. The molecule has 1 aromatic rings. The molecule has 0 saturated carbocycles. The Morgan fingerprint density at radius 3 is 2.64 bits per heavy atom. The van der Waals surface area contributed by atoms with E-state index in [9.17, 15) is 8.42 Å². The van der Waals surface area contributed by atoms with Crippen LogP contribution in [0.15, 0.2) is 22.7 Å². The summed E-state index contributed by atoms with van der Waals surface area (Å²) in [6.45, 7) is 0. The molecule has 3 nitrogen and oxygen atoms in total. The third kappa shape index (κ3) is 3.56. The van der Waals surface area contributed by atoms with Crippen molar-refractivity contribution in [2.24, 2.45) is 0 Å². The van der Waals surface area contributed by atoms with Crippen molar-refractivity contribution in [3.63, 3.8) is 0 Å². The first kappa shape index (κ1) is 12.5. The zero-order chi connectivity index (χ0) is 10.8. The van der Waals surface area contributed by atoms with E-state index in [1.165, 1.54) is 0 Å². The number of alkyl halides is 1. The van der Waals surface area contributed by atoms with Crippen molar-refractivity contribution in [1.29, 1.82) is 0 Å². The molecule has 0 unspecified atom stereocenters. The van der Waals surface area contributed by atoms with Gasteiger partial charge in [-0.25, -0.2) is 8.42 Å². The van der Waals surface area contributed by atoms with E-state index in [0.717, 1.165) is 3.57 Å². The second-order valence-corrected chi connectivity index (χ2v) is 6.86. The predicted molar refractivity (Wildman–Crippen MR) is 70.1 cm³/mol. The third-order valence-electron chi connectivity index (χ3n) is 1.34. The third-order valence-corrected chi connectivity index (χ3v) is 4.35. The second-order valence-electron chi connectivity index (χ2n) is 2.45. The number of nitrogens with one attached hydrogen (secondary N) is 1. The number of benzene rings is 1. The lowest BCUT2D eigenvalue weighted by atomic mass is 10.3. The fraction of sp³-hybridized carbons (Fsp3) is 0.143. The van der Waals surface area contributed by atoms with E-state index in [2.05, 4.69) is 43.2 Å². The van der Waals surface area contributed by atoms with Gasteiger partial charge in [-0.05, 0) is 56.7 Å².